The molecule has 1 heterocycles. The fraction of sp³-hybridized carbons (Fsp3) is 0.688. The lowest BCUT2D eigenvalue weighted by Crippen LogP contribution is -2.38. The zero-order chi connectivity index (χ0) is 13.7. The van der Waals surface area contributed by atoms with Crippen molar-refractivity contribution in [3.8, 4) is 5.75 Å². The summed E-state index contributed by atoms with van der Waals surface area (Å²) in [6.07, 6.45) is 5.95. The third-order valence-electron chi connectivity index (χ3n) is 6.00. The normalized spacial score (nSPS) is 35.6. The summed E-state index contributed by atoms with van der Waals surface area (Å²) < 4.78 is 6.24. The van der Waals surface area contributed by atoms with Gasteiger partial charge < -0.3 is 10.5 Å². The molecule has 2 fully saturated rings. The van der Waals surface area contributed by atoms with Gasteiger partial charge in [0.2, 0.25) is 0 Å². The number of pyridine rings is 1. The third kappa shape index (κ3) is 1.78. The molecule has 1 aromatic rings. The highest BCUT2D eigenvalue weighted by Crippen LogP contribution is 2.66. The minimum atomic E-state index is 0.296. The Balaban J connectivity index is 1.78. The molecule has 2 N–H and O–H groups in total. The van der Waals surface area contributed by atoms with E-state index in [2.05, 4.69) is 25.8 Å². The van der Waals surface area contributed by atoms with E-state index in [1.165, 1.54) is 19.3 Å². The van der Waals surface area contributed by atoms with Gasteiger partial charge in [-0.25, -0.2) is 0 Å². The molecule has 0 radical (unpaired) electrons. The van der Waals surface area contributed by atoms with Crippen molar-refractivity contribution >= 4 is 0 Å². The van der Waals surface area contributed by atoms with Crippen LogP contribution in [0.5, 0.6) is 5.75 Å². The SMILES string of the molecule is CC1(C)C2CCC1(C)C(Oc1ccc(CN)nc1)C2. The molecule has 0 amide bonds. The minimum absolute atomic E-state index is 0.296. The Morgan fingerprint density at radius 1 is 1.37 bits per heavy atom. The van der Waals surface area contributed by atoms with Gasteiger partial charge in [0.15, 0.2) is 0 Å². The van der Waals surface area contributed by atoms with Crippen LogP contribution in [0, 0.1) is 16.7 Å². The van der Waals surface area contributed by atoms with E-state index in [-0.39, 0.29) is 0 Å². The Labute approximate surface area is 115 Å². The number of nitrogens with two attached hydrogens (primary N) is 1. The molecule has 2 aliphatic carbocycles. The van der Waals surface area contributed by atoms with Crippen molar-refractivity contribution in [2.24, 2.45) is 22.5 Å². The predicted octanol–water partition coefficient (Wildman–Crippen LogP) is 3.13. The van der Waals surface area contributed by atoms with Crippen LogP contribution in [-0.4, -0.2) is 11.1 Å². The average Bonchev–Trinajstić information content (AvgIpc) is 2.73. The molecular weight excluding hydrogens is 236 g/mol. The minimum Gasteiger partial charge on any atom is -0.488 e. The van der Waals surface area contributed by atoms with Gasteiger partial charge in [-0.3, -0.25) is 4.98 Å². The summed E-state index contributed by atoms with van der Waals surface area (Å²) in [5.41, 5.74) is 7.16. The summed E-state index contributed by atoms with van der Waals surface area (Å²) in [6.45, 7) is 7.69. The fourth-order valence-electron chi connectivity index (χ4n) is 4.07. The maximum Gasteiger partial charge on any atom is 0.138 e. The summed E-state index contributed by atoms with van der Waals surface area (Å²) in [5.74, 6) is 1.69. The maximum atomic E-state index is 6.24. The van der Waals surface area contributed by atoms with Crippen molar-refractivity contribution in [1.29, 1.82) is 0 Å². The predicted molar refractivity (Wildman–Crippen MR) is 75.8 cm³/mol. The van der Waals surface area contributed by atoms with E-state index in [4.69, 9.17) is 10.5 Å². The van der Waals surface area contributed by atoms with Gasteiger partial charge in [0.1, 0.15) is 11.9 Å². The molecule has 104 valence electrons. The molecular formula is C16H24N2O. The van der Waals surface area contributed by atoms with Crippen LogP contribution in [0.15, 0.2) is 18.3 Å². The molecule has 0 spiro atoms. The second-order valence-electron chi connectivity index (χ2n) is 6.91. The third-order valence-corrected chi connectivity index (χ3v) is 6.00. The van der Waals surface area contributed by atoms with Gasteiger partial charge in [-0.2, -0.15) is 0 Å². The van der Waals surface area contributed by atoms with Gasteiger partial charge in [0.05, 0.1) is 11.9 Å². The van der Waals surface area contributed by atoms with E-state index in [0.29, 0.717) is 23.5 Å². The highest BCUT2D eigenvalue weighted by molar-refractivity contribution is 5.22. The van der Waals surface area contributed by atoms with E-state index < -0.39 is 0 Å². The van der Waals surface area contributed by atoms with Gasteiger partial charge >= 0.3 is 0 Å². The molecule has 2 saturated carbocycles. The van der Waals surface area contributed by atoms with Crippen LogP contribution >= 0.6 is 0 Å². The molecule has 3 atom stereocenters. The van der Waals surface area contributed by atoms with Crippen molar-refractivity contribution in [2.45, 2.75) is 52.7 Å². The molecule has 3 heteroatoms. The van der Waals surface area contributed by atoms with Crippen LogP contribution < -0.4 is 10.5 Å². The Bertz CT molecular complexity index is 468. The molecule has 0 aliphatic heterocycles. The van der Waals surface area contributed by atoms with Crippen molar-refractivity contribution in [3.05, 3.63) is 24.0 Å². The number of fused-ring (bicyclic) bond motifs is 2. The quantitative estimate of drug-likeness (QED) is 0.908. The standard InChI is InChI=1S/C16H24N2O/c1-15(2)11-6-7-16(15,3)14(8-11)19-13-5-4-12(9-17)18-10-13/h4-5,10-11,14H,6-9,17H2,1-3H3. The summed E-state index contributed by atoms with van der Waals surface area (Å²) in [7, 11) is 0. The van der Waals surface area contributed by atoms with Crippen molar-refractivity contribution in [2.75, 3.05) is 0 Å². The van der Waals surface area contributed by atoms with Crippen LogP contribution in [-0.2, 0) is 6.54 Å². The molecule has 19 heavy (non-hydrogen) atoms. The zero-order valence-corrected chi connectivity index (χ0v) is 12.1. The van der Waals surface area contributed by atoms with E-state index in [9.17, 15) is 0 Å². The summed E-state index contributed by atoms with van der Waals surface area (Å²) in [6, 6.07) is 3.95. The lowest BCUT2D eigenvalue weighted by Gasteiger charge is -2.38. The number of aromatic nitrogens is 1. The summed E-state index contributed by atoms with van der Waals surface area (Å²) >= 11 is 0. The van der Waals surface area contributed by atoms with Gasteiger partial charge in [0, 0.05) is 12.0 Å². The number of ether oxygens (including phenoxy) is 1. The lowest BCUT2D eigenvalue weighted by molar-refractivity contribution is 0.0299. The van der Waals surface area contributed by atoms with E-state index >= 15 is 0 Å². The van der Waals surface area contributed by atoms with Crippen LogP contribution in [0.4, 0.5) is 0 Å². The molecule has 3 unspecified atom stereocenters. The zero-order valence-electron chi connectivity index (χ0n) is 12.1. The van der Waals surface area contributed by atoms with Crippen LogP contribution in [0.25, 0.3) is 0 Å². The number of hydrogen-bond acceptors (Lipinski definition) is 3. The summed E-state index contributed by atoms with van der Waals surface area (Å²) in [5, 5.41) is 0. The number of nitrogens with zero attached hydrogens (tertiary/aromatic N) is 1. The first-order chi connectivity index (χ1) is 8.97. The van der Waals surface area contributed by atoms with E-state index in [0.717, 1.165) is 17.4 Å². The van der Waals surface area contributed by atoms with E-state index in [1.54, 1.807) is 0 Å². The average molecular weight is 260 g/mol. The van der Waals surface area contributed by atoms with Crippen molar-refractivity contribution in [1.82, 2.24) is 4.98 Å². The molecule has 2 aliphatic rings. The largest absolute Gasteiger partial charge is 0.488 e. The monoisotopic (exact) mass is 260 g/mol. The van der Waals surface area contributed by atoms with Crippen LogP contribution in [0.2, 0.25) is 0 Å². The molecule has 0 aromatic carbocycles. The first-order valence-corrected chi connectivity index (χ1v) is 7.29. The second kappa shape index (κ2) is 4.20. The van der Waals surface area contributed by atoms with Crippen LogP contribution in [0.3, 0.4) is 0 Å². The Kier molecular flexibility index (Phi) is 2.86. The highest BCUT2D eigenvalue weighted by atomic mass is 16.5. The first-order valence-electron chi connectivity index (χ1n) is 7.29. The molecule has 1 aromatic heterocycles. The highest BCUT2D eigenvalue weighted by Gasteiger charge is 2.62. The second-order valence-corrected chi connectivity index (χ2v) is 6.91. The molecule has 3 rings (SSSR count). The van der Waals surface area contributed by atoms with Gasteiger partial charge in [-0.1, -0.05) is 20.8 Å². The number of rotatable bonds is 3. The molecule has 2 bridgehead atoms. The van der Waals surface area contributed by atoms with Crippen LogP contribution in [0.1, 0.15) is 45.7 Å². The summed E-state index contributed by atoms with van der Waals surface area (Å²) in [4.78, 5) is 4.31. The topological polar surface area (TPSA) is 48.1 Å². The lowest BCUT2D eigenvalue weighted by atomic mass is 9.70. The molecule has 3 nitrogen and oxygen atoms in total. The first kappa shape index (κ1) is 12.9. The maximum absolute atomic E-state index is 6.24. The van der Waals surface area contributed by atoms with Gasteiger partial charge in [0.25, 0.3) is 0 Å². The fourth-order valence-corrected chi connectivity index (χ4v) is 4.07. The van der Waals surface area contributed by atoms with Gasteiger partial charge in [-0.05, 0) is 42.7 Å². The number of hydrogen-bond donors (Lipinski definition) is 1. The molecule has 0 saturated heterocycles. The Morgan fingerprint density at radius 3 is 2.63 bits per heavy atom. The van der Waals surface area contributed by atoms with Crippen molar-refractivity contribution in [3.63, 3.8) is 0 Å². The smallest absolute Gasteiger partial charge is 0.138 e. The van der Waals surface area contributed by atoms with Gasteiger partial charge in [-0.15, -0.1) is 0 Å². The Hall–Kier alpha value is -1.09. The Morgan fingerprint density at radius 2 is 2.16 bits per heavy atom. The van der Waals surface area contributed by atoms with Crippen molar-refractivity contribution < 1.29 is 4.74 Å². The van der Waals surface area contributed by atoms with E-state index in [1.807, 2.05) is 18.3 Å².